The highest BCUT2D eigenvalue weighted by Crippen LogP contribution is 2.35. The molecule has 5 heteroatoms. The van der Waals surface area contributed by atoms with Crippen LogP contribution < -0.4 is 5.32 Å². The summed E-state index contributed by atoms with van der Waals surface area (Å²) in [6.45, 7) is 1.68. The van der Waals surface area contributed by atoms with Gasteiger partial charge in [0.2, 0.25) is 0 Å². The van der Waals surface area contributed by atoms with Crippen molar-refractivity contribution >= 4 is 23.1 Å². The van der Waals surface area contributed by atoms with E-state index in [0.717, 1.165) is 35.4 Å². The summed E-state index contributed by atoms with van der Waals surface area (Å²) in [5, 5.41) is 4.35. The maximum atomic E-state index is 5.85. The Labute approximate surface area is 127 Å². The van der Waals surface area contributed by atoms with Gasteiger partial charge in [0.05, 0.1) is 12.3 Å². The second-order valence-electron chi connectivity index (χ2n) is 4.65. The number of thioether (sulfide) groups is 1. The molecule has 2 heterocycles. The smallest absolute Gasteiger partial charge is 0.123 e. The summed E-state index contributed by atoms with van der Waals surface area (Å²) in [5.41, 5.74) is 2.28. The molecule has 1 aromatic heterocycles. The Hall–Kier alpha value is -0.880. The number of nitrogens with one attached hydrogen (secondary N) is 1. The molecule has 3 rings (SSSR count). The topological polar surface area (TPSA) is 34.1 Å². The lowest BCUT2D eigenvalue weighted by Crippen LogP contribution is -2.15. The van der Waals surface area contributed by atoms with Crippen LogP contribution in [0.1, 0.15) is 16.0 Å². The number of thiazole rings is 1. The zero-order valence-electron chi connectivity index (χ0n) is 11.5. The number of benzene rings is 1. The van der Waals surface area contributed by atoms with Gasteiger partial charge in [-0.1, -0.05) is 30.3 Å². The fourth-order valence-electron chi connectivity index (χ4n) is 2.24. The molecule has 1 aliphatic heterocycles. The van der Waals surface area contributed by atoms with Crippen molar-refractivity contribution in [2.45, 2.75) is 12.6 Å². The second-order valence-corrected chi connectivity index (χ2v) is 6.92. The lowest BCUT2D eigenvalue weighted by molar-refractivity contribution is 0.0756. The average molecular weight is 306 g/mol. The van der Waals surface area contributed by atoms with E-state index in [1.807, 2.05) is 24.9 Å². The summed E-state index contributed by atoms with van der Waals surface area (Å²) < 4.78 is 5.85. The van der Waals surface area contributed by atoms with Crippen molar-refractivity contribution in [1.82, 2.24) is 10.3 Å². The molecule has 1 N–H and O–H groups in total. The SMILES string of the molecule is CNCc1sc(C2CSCCO2)nc1-c1ccccc1. The van der Waals surface area contributed by atoms with Crippen molar-refractivity contribution < 1.29 is 4.74 Å². The summed E-state index contributed by atoms with van der Waals surface area (Å²) in [5.74, 6) is 2.11. The number of aromatic nitrogens is 1. The lowest BCUT2D eigenvalue weighted by Gasteiger charge is -2.19. The molecule has 1 saturated heterocycles. The van der Waals surface area contributed by atoms with Gasteiger partial charge in [0, 0.05) is 28.5 Å². The van der Waals surface area contributed by atoms with Crippen LogP contribution in [0, 0.1) is 0 Å². The molecular weight excluding hydrogens is 288 g/mol. The molecule has 0 radical (unpaired) electrons. The van der Waals surface area contributed by atoms with Gasteiger partial charge in [-0.05, 0) is 7.05 Å². The van der Waals surface area contributed by atoms with E-state index >= 15 is 0 Å². The van der Waals surface area contributed by atoms with Crippen molar-refractivity contribution in [3.8, 4) is 11.3 Å². The largest absolute Gasteiger partial charge is 0.369 e. The van der Waals surface area contributed by atoms with Crippen molar-refractivity contribution in [1.29, 1.82) is 0 Å². The van der Waals surface area contributed by atoms with Crippen LogP contribution in [-0.4, -0.2) is 30.1 Å². The summed E-state index contributed by atoms with van der Waals surface area (Å²) in [6, 6.07) is 10.4. The Balaban J connectivity index is 1.93. The molecule has 1 fully saturated rings. The number of hydrogen-bond donors (Lipinski definition) is 1. The van der Waals surface area contributed by atoms with E-state index in [1.165, 1.54) is 10.4 Å². The molecule has 1 aromatic carbocycles. The highest BCUT2D eigenvalue weighted by atomic mass is 32.2. The van der Waals surface area contributed by atoms with Gasteiger partial charge >= 0.3 is 0 Å². The summed E-state index contributed by atoms with van der Waals surface area (Å²) in [6.07, 6.45) is 0.159. The standard InChI is InChI=1S/C15H18N2OS2/c1-16-9-13-14(11-5-3-2-4-6-11)17-15(20-13)12-10-19-8-7-18-12/h2-6,12,16H,7-10H2,1H3. The minimum absolute atomic E-state index is 0.159. The number of nitrogens with zero attached hydrogens (tertiary/aromatic N) is 1. The van der Waals surface area contributed by atoms with Crippen LogP contribution in [0.5, 0.6) is 0 Å². The average Bonchev–Trinajstić information content (AvgIpc) is 2.94. The normalized spacial score (nSPS) is 19.1. The Morgan fingerprint density at radius 1 is 1.35 bits per heavy atom. The van der Waals surface area contributed by atoms with E-state index in [0.29, 0.717) is 0 Å². The fourth-order valence-corrected chi connectivity index (χ4v) is 4.34. The Bertz CT molecular complexity index is 550. The van der Waals surface area contributed by atoms with Gasteiger partial charge in [-0.15, -0.1) is 11.3 Å². The molecule has 0 bridgehead atoms. The zero-order chi connectivity index (χ0) is 13.8. The Morgan fingerprint density at radius 3 is 2.90 bits per heavy atom. The monoisotopic (exact) mass is 306 g/mol. The molecule has 1 aliphatic rings. The molecule has 106 valence electrons. The van der Waals surface area contributed by atoms with Gasteiger partial charge in [0.1, 0.15) is 11.1 Å². The highest BCUT2D eigenvalue weighted by molar-refractivity contribution is 7.99. The van der Waals surface area contributed by atoms with Crippen molar-refractivity contribution in [3.63, 3.8) is 0 Å². The van der Waals surface area contributed by atoms with E-state index in [9.17, 15) is 0 Å². The van der Waals surface area contributed by atoms with E-state index in [4.69, 9.17) is 9.72 Å². The third-order valence-electron chi connectivity index (χ3n) is 3.19. The first-order valence-electron chi connectivity index (χ1n) is 6.77. The first-order chi connectivity index (χ1) is 9.88. The number of rotatable bonds is 4. The Kier molecular flexibility index (Phi) is 4.73. The molecule has 0 aliphatic carbocycles. The lowest BCUT2D eigenvalue weighted by atomic mass is 10.1. The van der Waals surface area contributed by atoms with Crippen LogP contribution in [0.3, 0.4) is 0 Å². The van der Waals surface area contributed by atoms with Gasteiger partial charge in [0.15, 0.2) is 0 Å². The minimum Gasteiger partial charge on any atom is -0.369 e. The predicted octanol–water partition coefficient (Wildman–Crippen LogP) is 3.33. The second kappa shape index (κ2) is 6.72. The van der Waals surface area contributed by atoms with Gasteiger partial charge in [-0.25, -0.2) is 4.98 Å². The van der Waals surface area contributed by atoms with Gasteiger partial charge < -0.3 is 10.1 Å². The summed E-state index contributed by atoms with van der Waals surface area (Å²) in [4.78, 5) is 6.15. The fraction of sp³-hybridized carbons (Fsp3) is 0.400. The minimum atomic E-state index is 0.159. The maximum Gasteiger partial charge on any atom is 0.123 e. The predicted molar refractivity (Wildman–Crippen MR) is 86.3 cm³/mol. The van der Waals surface area contributed by atoms with Gasteiger partial charge in [0.25, 0.3) is 0 Å². The van der Waals surface area contributed by atoms with E-state index in [1.54, 1.807) is 11.3 Å². The van der Waals surface area contributed by atoms with Crippen LogP contribution in [0.15, 0.2) is 30.3 Å². The van der Waals surface area contributed by atoms with Crippen LogP contribution in [-0.2, 0) is 11.3 Å². The van der Waals surface area contributed by atoms with Crippen molar-refractivity contribution in [2.24, 2.45) is 0 Å². The third kappa shape index (κ3) is 3.06. The van der Waals surface area contributed by atoms with Crippen molar-refractivity contribution in [3.05, 3.63) is 40.2 Å². The molecule has 0 amide bonds. The number of ether oxygens (including phenoxy) is 1. The molecule has 2 aromatic rings. The Morgan fingerprint density at radius 2 is 2.20 bits per heavy atom. The van der Waals surface area contributed by atoms with Crippen LogP contribution >= 0.6 is 23.1 Å². The molecule has 1 atom stereocenters. The first-order valence-corrected chi connectivity index (χ1v) is 8.74. The molecule has 20 heavy (non-hydrogen) atoms. The zero-order valence-corrected chi connectivity index (χ0v) is 13.1. The quantitative estimate of drug-likeness (QED) is 0.939. The first kappa shape index (κ1) is 14.1. The van der Waals surface area contributed by atoms with Crippen LogP contribution in [0.2, 0.25) is 0 Å². The van der Waals surface area contributed by atoms with E-state index in [-0.39, 0.29) is 6.10 Å². The number of hydrogen-bond acceptors (Lipinski definition) is 5. The molecular formula is C15H18N2OS2. The molecule has 3 nitrogen and oxygen atoms in total. The molecule has 0 saturated carbocycles. The van der Waals surface area contributed by atoms with Gasteiger partial charge in [-0.2, -0.15) is 11.8 Å². The molecule has 0 spiro atoms. The van der Waals surface area contributed by atoms with Crippen LogP contribution in [0.4, 0.5) is 0 Å². The van der Waals surface area contributed by atoms with Crippen LogP contribution in [0.25, 0.3) is 11.3 Å². The third-order valence-corrected chi connectivity index (χ3v) is 5.33. The molecule has 1 unspecified atom stereocenters. The van der Waals surface area contributed by atoms with E-state index in [2.05, 4.69) is 29.6 Å². The van der Waals surface area contributed by atoms with Gasteiger partial charge in [-0.3, -0.25) is 0 Å². The maximum absolute atomic E-state index is 5.85. The highest BCUT2D eigenvalue weighted by Gasteiger charge is 2.22. The van der Waals surface area contributed by atoms with Crippen molar-refractivity contribution in [2.75, 3.05) is 25.2 Å². The van der Waals surface area contributed by atoms with E-state index < -0.39 is 0 Å². The summed E-state index contributed by atoms with van der Waals surface area (Å²) in [7, 11) is 1.97. The summed E-state index contributed by atoms with van der Waals surface area (Å²) >= 11 is 3.72.